The van der Waals surface area contributed by atoms with E-state index in [0.717, 1.165) is 6.08 Å². The molecular formula is C15H5F9O. The van der Waals surface area contributed by atoms with Crippen LogP contribution in [0.5, 0.6) is 5.75 Å². The van der Waals surface area contributed by atoms with Gasteiger partial charge < -0.3 is 4.74 Å². The molecule has 0 fully saturated rings. The van der Waals surface area contributed by atoms with Crippen LogP contribution in [-0.2, 0) is 0 Å². The third kappa shape index (κ3) is 2.81. The van der Waals surface area contributed by atoms with Crippen LogP contribution in [0.4, 0.5) is 39.5 Å². The maximum absolute atomic E-state index is 14.0. The van der Waals surface area contributed by atoms with Crippen LogP contribution in [0.1, 0.15) is 0 Å². The molecule has 0 saturated carbocycles. The Morgan fingerprint density at radius 1 is 0.560 bits per heavy atom. The Morgan fingerprint density at radius 2 is 0.880 bits per heavy atom. The first-order chi connectivity index (χ1) is 11.6. The Morgan fingerprint density at radius 3 is 1.24 bits per heavy atom. The van der Waals surface area contributed by atoms with E-state index in [0.29, 0.717) is 0 Å². The molecule has 2 rings (SSSR count). The van der Waals surface area contributed by atoms with Crippen LogP contribution in [0.3, 0.4) is 0 Å². The molecule has 0 aromatic heterocycles. The topological polar surface area (TPSA) is 9.23 Å². The van der Waals surface area contributed by atoms with E-state index in [1.54, 1.807) is 0 Å². The minimum atomic E-state index is -2.62. The van der Waals surface area contributed by atoms with Gasteiger partial charge in [0.25, 0.3) is 0 Å². The van der Waals surface area contributed by atoms with E-state index in [2.05, 4.69) is 11.3 Å². The summed E-state index contributed by atoms with van der Waals surface area (Å²) in [5, 5.41) is 0. The summed E-state index contributed by atoms with van der Waals surface area (Å²) < 4.78 is 127. The number of hydrogen-bond acceptors (Lipinski definition) is 1. The quantitative estimate of drug-likeness (QED) is 0.311. The fraction of sp³-hybridized carbons (Fsp3) is 0.0667. The first kappa shape index (κ1) is 18.7. The first-order valence-electron chi connectivity index (χ1n) is 6.26. The van der Waals surface area contributed by atoms with Gasteiger partial charge in [-0.15, -0.1) is 0 Å². The van der Waals surface area contributed by atoms with Gasteiger partial charge in [-0.2, -0.15) is 8.78 Å². The lowest BCUT2D eigenvalue weighted by Crippen LogP contribution is -2.10. The number of rotatable bonds is 4. The first-order valence-corrected chi connectivity index (χ1v) is 6.26. The molecule has 0 spiro atoms. The van der Waals surface area contributed by atoms with Gasteiger partial charge in [0.05, 0.1) is 11.1 Å². The Kier molecular flexibility index (Phi) is 5.00. The van der Waals surface area contributed by atoms with Crippen LogP contribution >= 0.6 is 0 Å². The van der Waals surface area contributed by atoms with Crippen molar-refractivity contribution in [3.63, 3.8) is 0 Å². The van der Waals surface area contributed by atoms with E-state index < -0.39 is 75.8 Å². The van der Waals surface area contributed by atoms with Crippen molar-refractivity contribution in [3.05, 3.63) is 65.0 Å². The van der Waals surface area contributed by atoms with Gasteiger partial charge in [0, 0.05) is 0 Å². The molecule has 2 aromatic rings. The van der Waals surface area contributed by atoms with Crippen molar-refractivity contribution < 1.29 is 44.3 Å². The minimum Gasteiger partial charge on any atom is -0.483 e. The molecule has 1 nitrogen and oxygen atoms in total. The molecule has 0 bridgehead atoms. The SMILES string of the molecule is C=CCOc1c(F)c(F)c(-c2c(F)c(F)c(F)c(F)c2F)c(F)c1F. The lowest BCUT2D eigenvalue weighted by Gasteiger charge is -2.14. The van der Waals surface area contributed by atoms with Crippen LogP contribution in [0, 0.1) is 52.4 Å². The summed E-state index contributed by atoms with van der Waals surface area (Å²) in [7, 11) is 0. The van der Waals surface area contributed by atoms with Crippen molar-refractivity contribution >= 4 is 0 Å². The third-order valence-corrected chi connectivity index (χ3v) is 3.03. The number of halogens is 9. The lowest BCUT2D eigenvalue weighted by molar-refractivity contribution is 0.302. The molecule has 0 atom stereocenters. The van der Waals surface area contributed by atoms with Gasteiger partial charge in [-0.1, -0.05) is 12.7 Å². The van der Waals surface area contributed by atoms with E-state index >= 15 is 0 Å². The summed E-state index contributed by atoms with van der Waals surface area (Å²) in [6, 6.07) is 0. The van der Waals surface area contributed by atoms with E-state index in [-0.39, 0.29) is 0 Å². The summed E-state index contributed by atoms with van der Waals surface area (Å²) in [5.74, 6) is -23.8. The predicted octanol–water partition coefficient (Wildman–Crippen LogP) is 5.17. The second kappa shape index (κ2) is 6.69. The van der Waals surface area contributed by atoms with Gasteiger partial charge in [0.2, 0.25) is 17.5 Å². The number of ether oxygens (including phenoxy) is 1. The van der Waals surface area contributed by atoms with E-state index in [1.165, 1.54) is 0 Å². The fourth-order valence-electron chi connectivity index (χ4n) is 1.92. The van der Waals surface area contributed by atoms with Gasteiger partial charge >= 0.3 is 0 Å². The molecule has 0 N–H and O–H groups in total. The van der Waals surface area contributed by atoms with E-state index in [9.17, 15) is 39.5 Å². The Balaban J connectivity index is 2.89. The molecule has 0 aliphatic carbocycles. The summed E-state index contributed by atoms with van der Waals surface area (Å²) in [4.78, 5) is 0. The molecule has 0 amide bonds. The highest BCUT2D eigenvalue weighted by molar-refractivity contribution is 5.68. The van der Waals surface area contributed by atoms with Crippen LogP contribution in [-0.4, -0.2) is 6.61 Å². The molecule has 0 radical (unpaired) electrons. The summed E-state index contributed by atoms with van der Waals surface area (Å²) in [5.41, 5.74) is -4.26. The highest BCUT2D eigenvalue weighted by Crippen LogP contribution is 2.39. The fourth-order valence-corrected chi connectivity index (χ4v) is 1.92. The summed E-state index contributed by atoms with van der Waals surface area (Å²) in [6.07, 6.45) is 0.965. The Bertz CT molecular complexity index is 818. The average molecular weight is 372 g/mol. The van der Waals surface area contributed by atoms with E-state index in [1.807, 2.05) is 0 Å². The largest absolute Gasteiger partial charge is 0.483 e. The van der Waals surface area contributed by atoms with Crippen molar-refractivity contribution in [1.29, 1.82) is 0 Å². The third-order valence-electron chi connectivity index (χ3n) is 3.03. The second-order valence-electron chi connectivity index (χ2n) is 4.50. The van der Waals surface area contributed by atoms with Crippen molar-refractivity contribution in [3.8, 4) is 16.9 Å². The highest BCUT2D eigenvalue weighted by atomic mass is 19.2. The van der Waals surface area contributed by atoms with Crippen molar-refractivity contribution in [2.75, 3.05) is 6.61 Å². The zero-order valence-electron chi connectivity index (χ0n) is 11.8. The standard InChI is InChI=1S/C15H5F9O/c1-2-3-25-15-13(23)8(18)5(9(19)14(15)24)4-6(16)10(20)12(22)11(21)7(4)17/h2H,1,3H2. The van der Waals surface area contributed by atoms with E-state index in [4.69, 9.17) is 0 Å². The number of benzene rings is 2. The molecular weight excluding hydrogens is 367 g/mol. The summed E-state index contributed by atoms with van der Waals surface area (Å²) >= 11 is 0. The molecule has 0 aliphatic heterocycles. The summed E-state index contributed by atoms with van der Waals surface area (Å²) in [6.45, 7) is 2.53. The molecule has 0 saturated heterocycles. The molecule has 0 heterocycles. The molecule has 25 heavy (non-hydrogen) atoms. The van der Waals surface area contributed by atoms with Crippen LogP contribution in [0.25, 0.3) is 11.1 Å². The molecule has 10 heteroatoms. The predicted molar refractivity (Wildman–Crippen MR) is 67.2 cm³/mol. The van der Waals surface area contributed by atoms with Gasteiger partial charge in [0.15, 0.2) is 40.7 Å². The smallest absolute Gasteiger partial charge is 0.204 e. The maximum atomic E-state index is 14.0. The Hall–Kier alpha value is -2.65. The van der Waals surface area contributed by atoms with Crippen LogP contribution in [0.15, 0.2) is 12.7 Å². The van der Waals surface area contributed by atoms with Crippen LogP contribution < -0.4 is 4.74 Å². The molecule has 134 valence electrons. The van der Waals surface area contributed by atoms with Crippen molar-refractivity contribution in [1.82, 2.24) is 0 Å². The molecule has 0 unspecified atom stereocenters. The minimum absolute atomic E-state index is 0.589. The van der Waals surface area contributed by atoms with Crippen LogP contribution in [0.2, 0.25) is 0 Å². The molecule has 0 aliphatic rings. The van der Waals surface area contributed by atoms with Gasteiger partial charge in [-0.25, -0.2) is 30.7 Å². The number of hydrogen-bond donors (Lipinski definition) is 0. The van der Waals surface area contributed by atoms with Gasteiger partial charge in [-0.3, -0.25) is 0 Å². The highest BCUT2D eigenvalue weighted by Gasteiger charge is 2.34. The maximum Gasteiger partial charge on any atom is 0.204 e. The monoisotopic (exact) mass is 372 g/mol. The Labute approximate surface area is 133 Å². The normalized spacial score (nSPS) is 10.9. The molecule has 2 aromatic carbocycles. The van der Waals surface area contributed by atoms with Crippen molar-refractivity contribution in [2.24, 2.45) is 0 Å². The zero-order chi connectivity index (χ0) is 19.0. The van der Waals surface area contributed by atoms with Gasteiger partial charge in [-0.05, 0) is 0 Å². The average Bonchev–Trinajstić information content (AvgIpc) is 2.59. The lowest BCUT2D eigenvalue weighted by atomic mass is 10.0. The second-order valence-corrected chi connectivity index (χ2v) is 4.50. The van der Waals surface area contributed by atoms with Gasteiger partial charge in [0.1, 0.15) is 6.61 Å². The van der Waals surface area contributed by atoms with Crippen molar-refractivity contribution in [2.45, 2.75) is 0 Å². The zero-order valence-corrected chi connectivity index (χ0v) is 11.8.